The molecule has 0 aliphatic rings. The van der Waals surface area contributed by atoms with E-state index < -0.39 is 0 Å². The van der Waals surface area contributed by atoms with E-state index in [1.807, 2.05) is 54.7 Å². The molecule has 1 heterocycles. The van der Waals surface area contributed by atoms with Crippen molar-refractivity contribution in [1.29, 1.82) is 0 Å². The van der Waals surface area contributed by atoms with Crippen LogP contribution in [0.1, 0.15) is 33.5 Å². The third-order valence-corrected chi connectivity index (χ3v) is 5.55. The van der Waals surface area contributed by atoms with Crippen LogP contribution in [0.2, 0.25) is 0 Å². The zero-order valence-corrected chi connectivity index (χ0v) is 18.0. The van der Waals surface area contributed by atoms with Gasteiger partial charge in [-0.2, -0.15) is 0 Å². The summed E-state index contributed by atoms with van der Waals surface area (Å²) in [4.78, 5) is 16.9. The van der Waals surface area contributed by atoms with E-state index in [2.05, 4.69) is 53.7 Å². The maximum Gasteiger partial charge on any atom is 0.251 e. The molecule has 4 nitrogen and oxygen atoms in total. The first-order valence-electron chi connectivity index (χ1n) is 10.7. The van der Waals surface area contributed by atoms with Crippen molar-refractivity contribution in [3.8, 4) is 0 Å². The van der Waals surface area contributed by atoms with E-state index in [0.717, 1.165) is 35.1 Å². The summed E-state index contributed by atoms with van der Waals surface area (Å²) in [6.07, 6.45) is 3.70. The Morgan fingerprint density at radius 1 is 0.903 bits per heavy atom. The molecular formula is C27H27N3O. The number of anilines is 2. The molecule has 0 aliphatic heterocycles. The van der Waals surface area contributed by atoms with Crippen LogP contribution in [0.4, 0.5) is 11.4 Å². The Bertz CT molecular complexity index is 1180. The molecule has 1 aromatic heterocycles. The predicted molar refractivity (Wildman–Crippen MR) is 128 cm³/mol. The highest BCUT2D eigenvalue weighted by Gasteiger charge is 2.07. The normalized spacial score (nSPS) is 10.8. The Hall–Kier alpha value is -3.66. The number of hydrogen-bond donors (Lipinski definition) is 2. The van der Waals surface area contributed by atoms with Crippen molar-refractivity contribution in [3.63, 3.8) is 0 Å². The Kier molecular flexibility index (Phi) is 6.27. The fourth-order valence-electron chi connectivity index (χ4n) is 3.62. The van der Waals surface area contributed by atoms with E-state index in [1.165, 1.54) is 16.7 Å². The predicted octanol–water partition coefficient (Wildman–Crippen LogP) is 5.96. The number of benzene rings is 3. The Balaban J connectivity index is 1.36. The molecule has 31 heavy (non-hydrogen) atoms. The molecule has 3 aromatic carbocycles. The van der Waals surface area contributed by atoms with Crippen molar-refractivity contribution in [1.82, 2.24) is 10.3 Å². The molecule has 4 aromatic rings. The average Bonchev–Trinajstić information content (AvgIpc) is 2.79. The topological polar surface area (TPSA) is 54.0 Å². The summed E-state index contributed by atoms with van der Waals surface area (Å²) in [5.41, 5.74) is 7.34. The van der Waals surface area contributed by atoms with Crippen LogP contribution in [-0.4, -0.2) is 17.4 Å². The summed E-state index contributed by atoms with van der Waals surface area (Å²) in [5, 5.41) is 7.55. The van der Waals surface area contributed by atoms with Crippen LogP contribution >= 0.6 is 0 Å². The lowest BCUT2D eigenvalue weighted by Crippen LogP contribution is -2.24. The van der Waals surface area contributed by atoms with E-state index in [4.69, 9.17) is 0 Å². The third-order valence-electron chi connectivity index (χ3n) is 5.55. The minimum Gasteiger partial charge on any atom is -0.355 e. The zero-order valence-electron chi connectivity index (χ0n) is 18.0. The van der Waals surface area contributed by atoms with Gasteiger partial charge in [-0.05, 0) is 85.8 Å². The molecule has 0 spiro atoms. The van der Waals surface area contributed by atoms with Crippen molar-refractivity contribution in [2.24, 2.45) is 0 Å². The molecule has 0 unspecified atom stereocenters. The number of fused-ring (bicyclic) bond motifs is 1. The summed E-state index contributed by atoms with van der Waals surface area (Å²) in [6.45, 7) is 4.87. The van der Waals surface area contributed by atoms with Gasteiger partial charge in [0.2, 0.25) is 0 Å². The van der Waals surface area contributed by atoms with Crippen molar-refractivity contribution >= 4 is 28.2 Å². The van der Waals surface area contributed by atoms with Crippen LogP contribution in [0.5, 0.6) is 0 Å². The van der Waals surface area contributed by atoms with Gasteiger partial charge < -0.3 is 10.6 Å². The van der Waals surface area contributed by atoms with Crippen molar-refractivity contribution in [3.05, 3.63) is 101 Å². The number of nitrogens with zero attached hydrogens (tertiary/aromatic N) is 1. The van der Waals surface area contributed by atoms with E-state index >= 15 is 0 Å². The molecule has 4 heteroatoms. The number of carbonyl (C=O) groups is 1. The maximum atomic E-state index is 12.4. The summed E-state index contributed by atoms with van der Waals surface area (Å²) in [7, 11) is 0. The van der Waals surface area contributed by atoms with Crippen molar-refractivity contribution in [2.45, 2.75) is 26.7 Å². The van der Waals surface area contributed by atoms with Gasteiger partial charge in [-0.3, -0.25) is 9.78 Å². The molecule has 0 saturated heterocycles. The van der Waals surface area contributed by atoms with Crippen LogP contribution in [0.3, 0.4) is 0 Å². The largest absolute Gasteiger partial charge is 0.355 e. The van der Waals surface area contributed by atoms with E-state index in [-0.39, 0.29) is 5.91 Å². The van der Waals surface area contributed by atoms with Gasteiger partial charge in [0.25, 0.3) is 5.91 Å². The van der Waals surface area contributed by atoms with Gasteiger partial charge in [0.15, 0.2) is 0 Å². The van der Waals surface area contributed by atoms with Crippen molar-refractivity contribution in [2.75, 3.05) is 11.9 Å². The monoisotopic (exact) mass is 409 g/mol. The second-order valence-corrected chi connectivity index (χ2v) is 7.86. The first-order valence-corrected chi connectivity index (χ1v) is 10.7. The first-order chi connectivity index (χ1) is 15.1. The molecule has 0 radical (unpaired) electrons. The number of hydrogen-bond acceptors (Lipinski definition) is 3. The molecule has 0 atom stereocenters. The maximum absolute atomic E-state index is 12.4. The summed E-state index contributed by atoms with van der Waals surface area (Å²) in [6, 6.07) is 24.2. The zero-order chi connectivity index (χ0) is 21.6. The summed E-state index contributed by atoms with van der Waals surface area (Å²) >= 11 is 0. The number of carbonyl (C=O) groups excluding carboxylic acids is 1. The second kappa shape index (κ2) is 9.43. The van der Waals surface area contributed by atoms with Gasteiger partial charge in [0.05, 0.1) is 5.52 Å². The second-order valence-electron chi connectivity index (χ2n) is 7.86. The van der Waals surface area contributed by atoms with Crippen LogP contribution in [-0.2, 0) is 6.42 Å². The number of rotatable bonds is 7. The number of pyridine rings is 1. The van der Waals surface area contributed by atoms with Crippen LogP contribution in [0.15, 0.2) is 79.0 Å². The van der Waals surface area contributed by atoms with E-state index in [9.17, 15) is 4.79 Å². The van der Waals surface area contributed by atoms with Crippen molar-refractivity contribution < 1.29 is 4.79 Å². The minimum absolute atomic E-state index is 0.0416. The lowest BCUT2D eigenvalue weighted by molar-refractivity contribution is 0.0953. The van der Waals surface area contributed by atoms with Crippen LogP contribution < -0.4 is 10.6 Å². The number of amides is 1. The number of aryl methyl sites for hydroxylation is 3. The standard InChI is InChI=1S/C27H27N3O/c1-19-17-24-25(14-16-28-26(24)18-20(19)2)30-23-12-10-22(11-13-23)27(31)29-15-6-9-21-7-4-3-5-8-21/h3-5,7-8,10-14,16-18H,6,9,15H2,1-2H3,(H,28,30)(H,29,31). The molecule has 0 aliphatic carbocycles. The first kappa shape index (κ1) is 20.6. The van der Waals surface area contributed by atoms with Gasteiger partial charge in [-0.25, -0.2) is 0 Å². The molecule has 0 saturated carbocycles. The lowest BCUT2D eigenvalue weighted by atomic mass is 10.0. The highest BCUT2D eigenvalue weighted by Crippen LogP contribution is 2.27. The fourth-order valence-corrected chi connectivity index (χ4v) is 3.62. The molecule has 0 fully saturated rings. The highest BCUT2D eigenvalue weighted by atomic mass is 16.1. The quantitative estimate of drug-likeness (QED) is 0.370. The van der Waals surface area contributed by atoms with E-state index in [1.54, 1.807) is 0 Å². The Labute approximate surface area is 183 Å². The lowest BCUT2D eigenvalue weighted by Gasteiger charge is -2.12. The van der Waals surface area contributed by atoms with E-state index in [0.29, 0.717) is 12.1 Å². The molecule has 2 N–H and O–H groups in total. The van der Waals surface area contributed by atoms with Gasteiger partial charge in [-0.1, -0.05) is 30.3 Å². The van der Waals surface area contributed by atoms with Crippen LogP contribution in [0.25, 0.3) is 10.9 Å². The molecule has 156 valence electrons. The fraction of sp³-hybridized carbons (Fsp3) is 0.185. The molecular weight excluding hydrogens is 382 g/mol. The smallest absolute Gasteiger partial charge is 0.251 e. The Morgan fingerprint density at radius 2 is 1.65 bits per heavy atom. The SMILES string of the molecule is Cc1cc2nccc(Nc3ccc(C(=O)NCCCc4ccccc4)cc3)c2cc1C. The molecule has 0 bridgehead atoms. The van der Waals surface area contributed by atoms with Crippen LogP contribution in [0, 0.1) is 13.8 Å². The van der Waals surface area contributed by atoms with Gasteiger partial charge in [0, 0.05) is 35.1 Å². The minimum atomic E-state index is -0.0416. The molecule has 1 amide bonds. The summed E-state index contributed by atoms with van der Waals surface area (Å²) in [5.74, 6) is -0.0416. The van der Waals surface area contributed by atoms with Gasteiger partial charge in [0.1, 0.15) is 0 Å². The summed E-state index contributed by atoms with van der Waals surface area (Å²) < 4.78 is 0. The average molecular weight is 410 g/mol. The number of aromatic nitrogens is 1. The Morgan fingerprint density at radius 3 is 2.42 bits per heavy atom. The highest BCUT2D eigenvalue weighted by molar-refractivity contribution is 5.96. The van der Waals surface area contributed by atoms with Gasteiger partial charge >= 0.3 is 0 Å². The molecule has 4 rings (SSSR count). The van der Waals surface area contributed by atoms with Gasteiger partial charge in [-0.15, -0.1) is 0 Å². The number of nitrogens with one attached hydrogen (secondary N) is 2. The third kappa shape index (κ3) is 5.10.